The molecule has 0 unspecified atom stereocenters. The zero-order valence-electron chi connectivity index (χ0n) is 9.28. The van der Waals surface area contributed by atoms with E-state index in [2.05, 4.69) is 20.7 Å². The van der Waals surface area contributed by atoms with E-state index >= 15 is 0 Å². The van der Waals surface area contributed by atoms with E-state index in [1.54, 1.807) is 11.4 Å². The summed E-state index contributed by atoms with van der Waals surface area (Å²) in [5.41, 5.74) is 5.69. The zero-order valence-corrected chi connectivity index (χ0v) is 12.5. The minimum atomic E-state index is -3.38. The largest absolute Gasteiger partial charge is 0.330 e. The van der Waals surface area contributed by atoms with Crippen LogP contribution >= 0.6 is 27.3 Å². The zero-order chi connectivity index (χ0) is 12.5. The van der Waals surface area contributed by atoms with Crippen LogP contribution in [-0.4, -0.2) is 21.5 Å². The molecular weight excluding hydrogens is 324 g/mol. The fourth-order valence-corrected chi connectivity index (χ4v) is 4.94. The van der Waals surface area contributed by atoms with Gasteiger partial charge in [0, 0.05) is 16.4 Å². The van der Waals surface area contributed by atoms with Crippen molar-refractivity contribution in [1.82, 2.24) is 4.72 Å². The van der Waals surface area contributed by atoms with Crippen molar-refractivity contribution in [3.8, 4) is 0 Å². The summed E-state index contributed by atoms with van der Waals surface area (Å²) in [6.07, 6.45) is 3.17. The average Bonchev–Trinajstić information content (AvgIpc) is 2.64. The van der Waals surface area contributed by atoms with Gasteiger partial charge < -0.3 is 5.73 Å². The molecule has 1 aliphatic carbocycles. The van der Waals surface area contributed by atoms with Crippen molar-refractivity contribution in [3.63, 3.8) is 0 Å². The van der Waals surface area contributed by atoms with Crippen molar-refractivity contribution in [1.29, 1.82) is 0 Å². The number of rotatable bonds is 5. The summed E-state index contributed by atoms with van der Waals surface area (Å²) in [5.74, 6) is 0. The molecule has 0 amide bonds. The summed E-state index contributed by atoms with van der Waals surface area (Å²) in [6.45, 7) is 0.991. The normalized spacial score (nSPS) is 18.9. The molecule has 2 rings (SSSR count). The van der Waals surface area contributed by atoms with Gasteiger partial charge in [-0.1, -0.05) is 6.42 Å². The number of hydrogen-bond acceptors (Lipinski definition) is 4. The fraction of sp³-hybridized carbons (Fsp3) is 0.600. The van der Waals surface area contributed by atoms with Crippen LogP contribution in [0.4, 0.5) is 0 Å². The standard InChI is InChI=1S/C10H15BrN2O2S2/c11-8-4-9(16-5-8)17(14,15)13-7-10(6-12)2-1-3-10/h4-5,13H,1-3,6-7,12H2. The van der Waals surface area contributed by atoms with Gasteiger partial charge in [0.1, 0.15) is 4.21 Å². The second kappa shape index (κ2) is 4.97. The number of nitrogens with one attached hydrogen (secondary N) is 1. The van der Waals surface area contributed by atoms with Crippen LogP contribution in [-0.2, 0) is 10.0 Å². The molecule has 0 atom stereocenters. The van der Waals surface area contributed by atoms with E-state index in [0.717, 1.165) is 23.7 Å². The molecule has 0 spiro atoms. The topological polar surface area (TPSA) is 72.2 Å². The quantitative estimate of drug-likeness (QED) is 0.861. The first-order valence-electron chi connectivity index (χ1n) is 5.41. The van der Waals surface area contributed by atoms with Crippen LogP contribution in [0.1, 0.15) is 19.3 Å². The Morgan fingerprint density at radius 2 is 2.24 bits per heavy atom. The summed E-state index contributed by atoms with van der Waals surface area (Å²) in [6, 6.07) is 1.61. The first kappa shape index (κ1) is 13.5. The molecule has 0 saturated heterocycles. The molecule has 3 N–H and O–H groups in total. The molecule has 1 aromatic heterocycles. The molecular formula is C10H15BrN2O2S2. The minimum absolute atomic E-state index is 0.0123. The molecule has 0 aromatic carbocycles. The van der Waals surface area contributed by atoms with Crippen molar-refractivity contribution in [2.24, 2.45) is 11.1 Å². The molecule has 0 bridgehead atoms. The van der Waals surface area contributed by atoms with Crippen molar-refractivity contribution in [2.45, 2.75) is 23.5 Å². The number of hydrogen-bond donors (Lipinski definition) is 2. The van der Waals surface area contributed by atoms with Crippen LogP contribution in [0.2, 0.25) is 0 Å². The molecule has 1 aliphatic rings. The molecule has 96 valence electrons. The molecule has 17 heavy (non-hydrogen) atoms. The second-order valence-corrected chi connectivity index (χ2v) is 8.29. The highest BCUT2D eigenvalue weighted by molar-refractivity contribution is 9.10. The Labute approximate surface area is 114 Å². The van der Waals surface area contributed by atoms with E-state index in [9.17, 15) is 8.42 Å². The number of halogens is 1. The average molecular weight is 339 g/mol. The van der Waals surface area contributed by atoms with Gasteiger partial charge in [0.25, 0.3) is 0 Å². The lowest BCUT2D eigenvalue weighted by atomic mass is 9.69. The third kappa shape index (κ3) is 2.90. The van der Waals surface area contributed by atoms with Gasteiger partial charge in [0.05, 0.1) is 0 Å². The lowest BCUT2D eigenvalue weighted by molar-refractivity contribution is 0.150. The van der Waals surface area contributed by atoms with E-state index in [4.69, 9.17) is 5.73 Å². The van der Waals surface area contributed by atoms with Gasteiger partial charge in [-0.2, -0.15) is 0 Å². The van der Waals surface area contributed by atoms with E-state index < -0.39 is 10.0 Å². The van der Waals surface area contributed by atoms with Gasteiger partial charge >= 0.3 is 0 Å². The fourth-order valence-electron chi connectivity index (χ4n) is 1.88. The van der Waals surface area contributed by atoms with Crippen molar-refractivity contribution in [3.05, 3.63) is 15.9 Å². The van der Waals surface area contributed by atoms with E-state index in [1.165, 1.54) is 11.3 Å². The first-order chi connectivity index (χ1) is 7.97. The second-order valence-electron chi connectivity index (χ2n) is 4.47. The van der Waals surface area contributed by atoms with E-state index in [1.807, 2.05) is 0 Å². The van der Waals surface area contributed by atoms with Crippen LogP contribution in [0.5, 0.6) is 0 Å². The summed E-state index contributed by atoms with van der Waals surface area (Å²) in [7, 11) is -3.38. The lowest BCUT2D eigenvalue weighted by Gasteiger charge is -2.40. The Bertz CT molecular complexity index is 489. The Kier molecular flexibility index (Phi) is 3.94. The summed E-state index contributed by atoms with van der Waals surface area (Å²) in [4.78, 5) is 0. The number of thiophene rings is 1. The molecule has 1 aromatic rings. The smallest absolute Gasteiger partial charge is 0.250 e. The lowest BCUT2D eigenvalue weighted by Crippen LogP contribution is -2.46. The van der Waals surface area contributed by atoms with Gasteiger partial charge in [0.15, 0.2) is 0 Å². The van der Waals surface area contributed by atoms with Crippen molar-refractivity contribution in [2.75, 3.05) is 13.1 Å². The van der Waals surface area contributed by atoms with Crippen LogP contribution < -0.4 is 10.5 Å². The Morgan fingerprint density at radius 3 is 2.65 bits per heavy atom. The van der Waals surface area contributed by atoms with Crippen LogP contribution in [0.15, 0.2) is 20.1 Å². The van der Waals surface area contributed by atoms with Crippen LogP contribution in [0.3, 0.4) is 0 Å². The molecule has 1 heterocycles. The van der Waals surface area contributed by atoms with Gasteiger partial charge in [-0.3, -0.25) is 0 Å². The molecule has 0 aliphatic heterocycles. The highest BCUT2D eigenvalue weighted by Gasteiger charge is 2.36. The van der Waals surface area contributed by atoms with Gasteiger partial charge in [-0.05, 0) is 46.8 Å². The number of nitrogens with two attached hydrogens (primary N) is 1. The first-order valence-corrected chi connectivity index (χ1v) is 8.57. The molecule has 1 fully saturated rings. The van der Waals surface area contributed by atoms with Crippen molar-refractivity contribution < 1.29 is 8.42 Å². The van der Waals surface area contributed by atoms with E-state index in [-0.39, 0.29) is 5.41 Å². The third-order valence-corrected chi connectivity index (χ3v) is 6.89. The van der Waals surface area contributed by atoms with Crippen LogP contribution in [0, 0.1) is 5.41 Å². The predicted molar refractivity (Wildman–Crippen MR) is 72.5 cm³/mol. The molecule has 0 radical (unpaired) electrons. The maximum Gasteiger partial charge on any atom is 0.250 e. The maximum absolute atomic E-state index is 12.0. The highest BCUT2D eigenvalue weighted by atomic mass is 79.9. The Morgan fingerprint density at radius 1 is 1.53 bits per heavy atom. The van der Waals surface area contributed by atoms with Gasteiger partial charge in [0.2, 0.25) is 10.0 Å². The highest BCUT2D eigenvalue weighted by Crippen LogP contribution is 2.39. The van der Waals surface area contributed by atoms with E-state index in [0.29, 0.717) is 17.3 Å². The Balaban J connectivity index is 2.03. The summed E-state index contributed by atoms with van der Waals surface area (Å²) >= 11 is 4.46. The van der Waals surface area contributed by atoms with Crippen LogP contribution in [0.25, 0.3) is 0 Å². The van der Waals surface area contributed by atoms with Crippen molar-refractivity contribution >= 4 is 37.3 Å². The molecule has 1 saturated carbocycles. The monoisotopic (exact) mass is 338 g/mol. The summed E-state index contributed by atoms with van der Waals surface area (Å²) in [5, 5.41) is 1.76. The molecule has 4 nitrogen and oxygen atoms in total. The maximum atomic E-state index is 12.0. The van der Waals surface area contributed by atoms with Gasteiger partial charge in [-0.25, -0.2) is 13.1 Å². The number of sulfonamides is 1. The Hall–Kier alpha value is 0.0500. The minimum Gasteiger partial charge on any atom is -0.330 e. The predicted octanol–water partition coefficient (Wildman–Crippen LogP) is 1.92. The van der Waals surface area contributed by atoms with Gasteiger partial charge in [-0.15, -0.1) is 11.3 Å². The SMILES string of the molecule is NCC1(CNS(=O)(=O)c2cc(Br)cs2)CCC1. The molecule has 7 heteroatoms. The third-order valence-electron chi connectivity index (χ3n) is 3.29. The summed E-state index contributed by atoms with van der Waals surface area (Å²) < 4.78 is 27.8.